The number of aromatic carboxylic acids is 1. The third-order valence-corrected chi connectivity index (χ3v) is 3.92. The van der Waals surface area contributed by atoms with Crippen LogP contribution in [0, 0.1) is 13.8 Å². The Morgan fingerprint density at radius 2 is 1.88 bits per heavy atom. The number of hydrogen-bond acceptors (Lipinski definition) is 4. The van der Waals surface area contributed by atoms with Gasteiger partial charge < -0.3 is 5.11 Å². The second-order valence-electron chi connectivity index (χ2n) is 5.69. The maximum Gasteiger partial charge on any atom is 0.417 e. The smallest absolute Gasteiger partial charge is 0.417 e. The number of fused-ring (bicyclic) bond motifs is 1. The minimum atomic E-state index is -4.72. The van der Waals surface area contributed by atoms with E-state index in [-0.39, 0.29) is 22.2 Å². The molecule has 1 aromatic carbocycles. The van der Waals surface area contributed by atoms with E-state index in [1.54, 1.807) is 0 Å². The Morgan fingerprint density at radius 3 is 2.50 bits per heavy atom. The van der Waals surface area contributed by atoms with Crippen LogP contribution in [0.5, 0.6) is 0 Å². The summed E-state index contributed by atoms with van der Waals surface area (Å²) in [6.45, 7) is 2.92. The van der Waals surface area contributed by atoms with Crippen LogP contribution >= 0.6 is 0 Å². The second kappa shape index (κ2) is 5.94. The molecule has 0 aliphatic rings. The first kappa shape index (κ1) is 17.6. The highest BCUT2D eigenvalue weighted by Crippen LogP contribution is 2.34. The highest BCUT2D eigenvalue weighted by atomic mass is 19.4. The van der Waals surface area contributed by atoms with Crippen LogP contribution in [0.4, 0.5) is 13.2 Å². The standard InChI is InChI=1S/C17H12F3N3O3/c1-8-4-3-5-11(17(18,19)20)13(8)15(24)23-12-6-10(16(25)26)7-21-14(12)9(2)22-23/h3-7H,1-2H3,(H,25,26). The van der Waals surface area contributed by atoms with Crippen molar-refractivity contribution in [3.8, 4) is 0 Å². The fraction of sp³-hybridized carbons (Fsp3) is 0.176. The number of pyridine rings is 1. The molecule has 0 aliphatic carbocycles. The molecule has 0 radical (unpaired) electrons. The van der Waals surface area contributed by atoms with Crippen molar-refractivity contribution in [3.05, 3.63) is 58.4 Å². The minimum absolute atomic E-state index is 0.0313. The van der Waals surface area contributed by atoms with Crippen molar-refractivity contribution in [1.82, 2.24) is 14.8 Å². The van der Waals surface area contributed by atoms with Gasteiger partial charge in [0.2, 0.25) is 0 Å². The first-order chi connectivity index (χ1) is 12.1. The van der Waals surface area contributed by atoms with Gasteiger partial charge in [-0.15, -0.1) is 0 Å². The summed E-state index contributed by atoms with van der Waals surface area (Å²) >= 11 is 0. The molecule has 0 fully saturated rings. The van der Waals surface area contributed by atoms with E-state index in [4.69, 9.17) is 5.11 Å². The molecule has 6 nitrogen and oxygen atoms in total. The van der Waals surface area contributed by atoms with Gasteiger partial charge in [0.1, 0.15) is 5.52 Å². The summed E-state index contributed by atoms with van der Waals surface area (Å²) in [6, 6.07) is 4.58. The fourth-order valence-electron chi connectivity index (χ4n) is 2.71. The molecule has 0 amide bonds. The molecule has 0 spiro atoms. The van der Waals surface area contributed by atoms with Crippen molar-refractivity contribution in [2.75, 3.05) is 0 Å². The lowest BCUT2D eigenvalue weighted by Gasteiger charge is -2.14. The molecule has 134 valence electrons. The molecule has 0 aliphatic heterocycles. The number of carboxylic acids is 1. The molecule has 0 saturated heterocycles. The summed E-state index contributed by atoms with van der Waals surface area (Å²) in [5, 5.41) is 13.1. The highest BCUT2D eigenvalue weighted by Gasteiger charge is 2.36. The predicted molar refractivity (Wildman–Crippen MR) is 85.1 cm³/mol. The zero-order chi connectivity index (χ0) is 19.2. The van der Waals surface area contributed by atoms with Gasteiger partial charge >= 0.3 is 12.1 Å². The van der Waals surface area contributed by atoms with Gasteiger partial charge in [-0.05, 0) is 31.5 Å². The molecule has 2 aromatic heterocycles. The number of rotatable bonds is 2. The van der Waals surface area contributed by atoms with Crippen molar-refractivity contribution in [2.24, 2.45) is 0 Å². The van der Waals surface area contributed by atoms with E-state index in [2.05, 4.69) is 10.1 Å². The minimum Gasteiger partial charge on any atom is -0.478 e. The van der Waals surface area contributed by atoms with Gasteiger partial charge in [0.05, 0.1) is 27.9 Å². The molecule has 0 saturated carbocycles. The largest absolute Gasteiger partial charge is 0.478 e. The number of aromatic nitrogens is 3. The van der Waals surface area contributed by atoms with Crippen molar-refractivity contribution < 1.29 is 27.9 Å². The summed E-state index contributed by atoms with van der Waals surface area (Å²) < 4.78 is 40.7. The van der Waals surface area contributed by atoms with Crippen molar-refractivity contribution in [3.63, 3.8) is 0 Å². The normalized spacial score (nSPS) is 11.7. The monoisotopic (exact) mass is 363 g/mol. The average Bonchev–Trinajstić information content (AvgIpc) is 2.89. The van der Waals surface area contributed by atoms with E-state index in [1.807, 2.05) is 0 Å². The van der Waals surface area contributed by atoms with E-state index in [9.17, 15) is 22.8 Å². The summed E-state index contributed by atoms with van der Waals surface area (Å²) in [5.41, 5.74) is -1.11. The van der Waals surface area contributed by atoms with Gasteiger partial charge in [-0.1, -0.05) is 12.1 Å². The zero-order valence-corrected chi connectivity index (χ0v) is 13.6. The van der Waals surface area contributed by atoms with E-state index in [0.717, 1.165) is 23.0 Å². The summed E-state index contributed by atoms with van der Waals surface area (Å²) in [6.07, 6.45) is -3.62. The van der Waals surface area contributed by atoms with Gasteiger partial charge in [-0.2, -0.15) is 23.0 Å². The molecule has 3 aromatic rings. The first-order valence-corrected chi connectivity index (χ1v) is 7.41. The van der Waals surface area contributed by atoms with Gasteiger partial charge in [0.15, 0.2) is 0 Å². The number of benzene rings is 1. The Morgan fingerprint density at radius 1 is 1.19 bits per heavy atom. The molecule has 0 atom stereocenters. The van der Waals surface area contributed by atoms with Crippen molar-refractivity contribution >= 4 is 22.9 Å². The third kappa shape index (κ3) is 2.81. The Balaban J connectivity index is 2.27. The van der Waals surface area contributed by atoms with Crippen LogP contribution in [0.3, 0.4) is 0 Å². The Bertz CT molecular complexity index is 1050. The Hall–Kier alpha value is -3.23. The van der Waals surface area contributed by atoms with Gasteiger partial charge in [-0.3, -0.25) is 9.78 Å². The maximum absolute atomic E-state index is 13.3. The Kier molecular flexibility index (Phi) is 4.02. The SMILES string of the molecule is Cc1cccc(C(F)(F)F)c1C(=O)n1nc(C)c2ncc(C(=O)O)cc21. The number of hydrogen-bond donors (Lipinski definition) is 1. The highest BCUT2D eigenvalue weighted by molar-refractivity contribution is 6.04. The van der Waals surface area contributed by atoms with Gasteiger partial charge in [0.25, 0.3) is 5.91 Å². The number of alkyl halides is 3. The molecule has 26 heavy (non-hydrogen) atoms. The third-order valence-electron chi connectivity index (χ3n) is 3.92. The predicted octanol–water partition coefficient (Wildman–Crippen LogP) is 3.45. The van der Waals surface area contributed by atoms with Crippen LogP contribution in [-0.4, -0.2) is 31.7 Å². The van der Waals surface area contributed by atoms with Gasteiger partial charge in [0, 0.05) is 6.20 Å². The van der Waals surface area contributed by atoms with Crippen LogP contribution in [0.25, 0.3) is 11.0 Å². The summed E-state index contributed by atoms with van der Waals surface area (Å²) in [5.74, 6) is -2.28. The van der Waals surface area contributed by atoms with Crippen molar-refractivity contribution in [1.29, 1.82) is 0 Å². The number of nitrogens with zero attached hydrogens (tertiary/aromatic N) is 3. The molecule has 0 unspecified atom stereocenters. The van der Waals surface area contributed by atoms with Crippen LogP contribution in [0.2, 0.25) is 0 Å². The van der Waals surface area contributed by atoms with E-state index >= 15 is 0 Å². The molecule has 3 rings (SSSR count). The van der Waals surface area contributed by atoms with E-state index in [1.165, 1.54) is 26.0 Å². The Labute approximate surface area is 144 Å². The van der Waals surface area contributed by atoms with Gasteiger partial charge in [-0.25, -0.2) is 4.79 Å². The van der Waals surface area contributed by atoms with E-state index in [0.29, 0.717) is 5.69 Å². The zero-order valence-electron chi connectivity index (χ0n) is 13.6. The number of carbonyl (C=O) groups is 2. The molecular weight excluding hydrogens is 351 g/mol. The number of carbonyl (C=O) groups excluding carboxylic acids is 1. The van der Waals surface area contributed by atoms with Crippen LogP contribution < -0.4 is 0 Å². The quantitative estimate of drug-likeness (QED) is 0.754. The molecule has 2 heterocycles. The molecule has 1 N–H and O–H groups in total. The maximum atomic E-state index is 13.3. The number of carboxylic acid groups (broad SMARTS) is 1. The van der Waals surface area contributed by atoms with Crippen LogP contribution in [0.1, 0.15) is 37.5 Å². The fourth-order valence-corrected chi connectivity index (χ4v) is 2.71. The number of aryl methyl sites for hydroxylation is 2. The van der Waals surface area contributed by atoms with Crippen molar-refractivity contribution in [2.45, 2.75) is 20.0 Å². The average molecular weight is 363 g/mol. The lowest BCUT2D eigenvalue weighted by Crippen LogP contribution is -2.21. The molecular formula is C17H12F3N3O3. The van der Waals surface area contributed by atoms with Crippen LogP contribution in [-0.2, 0) is 6.18 Å². The molecule has 0 bridgehead atoms. The summed E-state index contributed by atoms with van der Waals surface area (Å²) in [7, 11) is 0. The lowest BCUT2D eigenvalue weighted by molar-refractivity contribution is -0.138. The topological polar surface area (TPSA) is 85.1 Å². The lowest BCUT2D eigenvalue weighted by atomic mass is 10.0. The van der Waals surface area contributed by atoms with E-state index < -0.39 is 29.2 Å². The second-order valence-corrected chi connectivity index (χ2v) is 5.69. The summed E-state index contributed by atoms with van der Waals surface area (Å²) in [4.78, 5) is 28.0. The van der Waals surface area contributed by atoms with Crippen LogP contribution in [0.15, 0.2) is 30.5 Å². The number of halogens is 3. The first-order valence-electron chi connectivity index (χ1n) is 7.41. The molecule has 9 heteroatoms.